The van der Waals surface area contributed by atoms with Crippen LogP contribution in [0.5, 0.6) is 5.88 Å². The van der Waals surface area contributed by atoms with Crippen molar-refractivity contribution in [3.63, 3.8) is 0 Å². The Hall–Kier alpha value is -3.70. The van der Waals surface area contributed by atoms with Gasteiger partial charge in [-0.05, 0) is 32.5 Å². The number of hydrogen-bond donors (Lipinski definition) is 1. The second-order valence-electron chi connectivity index (χ2n) is 9.23. The van der Waals surface area contributed by atoms with E-state index in [2.05, 4.69) is 39.9 Å². The number of anilines is 1. The lowest BCUT2D eigenvalue weighted by molar-refractivity contribution is 0.134. The summed E-state index contributed by atoms with van der Waals surface area (Å²) in [5.41, 5.74) is 13.2. The third kappa shape index (κ3) is 4.14. The van der Waals surface area contributed by atoms with E-state index in [4.69, 9.17) is 20.3 Å². The minimum Gasteiger partial charge on any atom is -0.473 e. The van der Waals surface area contributed by atoms with Crippen molar-refractivity contribution in [3.05, 3.63) is 40.7 Å². The molecule has 11 heteroatoms. The molecule has 0 fully saturated rings. The van der Waals surface area contributed by atoms with Crippen molar-refractivity contribution in [2.45, 2.75) is 40.0 Å². The number of nitrogens with zero attached hydrogens (tertiary/aromatic N) is 8. The molecule has 0 saturated carbocycles. The summed E-state index contributed by atoms with van der Waals surface area (Å²) < 4.78 is 17.6. The normalized spacial score (nSPS) is 17.4. The number of aryl methyl sites for hydroxylation is 3. The molecule has 4 aromatic rings. The first kappa shape index (κ1) is 24.0. The number of ether oxygens (including phenoxy) is 2. The molecule has 2 bridgehead atoms. The number of imidazole rings is 1. The Kier molecular flexibility index (Phi) is 6.27. The Morgan fingerprint density at radius 1 is 1.19 bits per heavy atom. The Morgan fingerprint density at radius 3 is 2.75 bits per heavy atom. The molecule has 0 aliphatic carbocycles. The Balaban J connectivity index is 1.75. The molecule has 0 saturated heterocycles. The van der Waals surface area contributed by atoms with Crippen LogP contribution < -0.4 is 10.5 Å². The van der Waals surface area contributed by atoms with Gasteiger partial charge in [-0.2, -0.15) is 10.2 Å². The molecule has 0 spiro atoms. The van der Waals surface area contributed by atoms with Gasteiger partial charge in [0.05, 0.1) is 41.1 Å². The van der Waals surface area contributed by atoms with Gasteiger partial charge in [0.15, 0.2) is 11.5 Å². The van der Waals surface area contributed by atoms with Gasteiger partial charge in [0.25, 0.3) is 0 Å². The Labute approximate surface area is 210 Å². The predicted octanol–water partition coefficient (Wildman–Crippen LogP) is 2.67. The molecule has 1 aliphatic rings. The highest BCUT2D eigenvalue weighted by Crippen LogP contribution is 2.35. The van der Waals surface area contributed by atoms with Crippen LogP contribution in [-0.2, 0) is 32.0 Å². The molecular weight excluding hydrogens is 458 g/mol. The first-order chi connectivity index (χ1) is 17.3. The number of nitrogens with two attached hydrogens (primary N) is 1. The maximum absolute atomic E-state index is 6.53. The van der Waals surface area contributed by atoms with E-state index in [-0.39, 0.29) is 6.10 Å². The minimum atomic E-state index is -0.113. The number of aromatic nitrogens is 7. The van der Waals surface area contributed by atoms with Gasteiger partial charge in [0.1, 0.15) is 11.8 Å². The molecule has 5 rings (SSSR count). The maximum atomic E-state index is 6.53. The van der Waals surface area contributed by atoms with Gasteiger partial charge in [-0.15, -0.1) is 0 Å². The lowest BCUT2D eigenvalue weighted by Gasteiger charge is -2.25. The predicted molar refractivity (Wildman–Crippen MR) is 138 cm³/mol. The summed E-state index contributed by atoms with van der Waals surface area (Å²) >= 11 is 0. The summed E-state index contributed by atoms with van der Waals surface area (Å²) in [6.07, 6.45) is 7.77. The van der Waals surface area contributed by atoms with Crippen LogP contribution in [0.2, 0.25) is 0 Å². The highest BCUT2D eigenvalue weighted by molar-refractivity contribution is 5.76. The van der Waals surface area contributed by atoms with Crippen LogP contribution in [0, 0.1) is 6.92 Å². The van der Waals surface area contributed by atoms with Crippen LogP contribution in [-0.4, -0.2) is 65.1 Å². The summed E-state index contributed by atoms with van der Waals surface area (Å²) in [4.78, 5) is 11.6. The first-order valence-electron chi connectivity index (χ1n) is 12.1. The van der Waals surface area contributed by atoms with Gasteiger partial charge in [-0.3, -0.25) is 14.0 Å². The third-order valence-corrected chi connectivity index (χ3v) is 6.61. The van der Waals surface area contributed by atoms with Crippen molar-refractivity contribution in [1.82, 2.24) is 38.8 Å². The fraction of sp³-hybridized carbons (Fsp3) is 0.440. The number of nitrogen functional groups attached to an aromatic ring is 1. The highest BCUT2D eigenvalue weighted by Gasteiger charge is 2.25. The largest absolute Gasteiger partial charge is 0.473 e. The van der Waals surface area contributed by atoms with Crippen molar-refractivity contribution in [3.8, 4) is 17.1 Å². The van der Waals surface area contributed by atoms with E-state index in [0.717, 1.165) is 53.5 Å². The lowest BCUT2D eigenvalue weighted by Crippen LogP contribution is -2.34. The molecule has 0 radical (unpaired) electrons. The van der Waals surface area contributed by atoms with E-state index >= 15 is 0 Å². The lowest BCUT2D eigenvalue weighted by atomic mass is 10.1. The number of hydrogen-bond acceptors (Lipinski definition) is 8. The Bertz CT molecular complexity index is 1450. The van der Waals surface area contributed by atoms with Crippen molar-refractivity contribution < 1.29 is 9.47 Å². The zero-order chi connectivity index (χ0) is 25.6. The summed E-state index contributed by atoms with van der Waals surface area (Å²) in [5, 5.41) is 9.37. The molecule has 5 heterocycles. The number of rotatable bonds is 3. The maximum Gasteiger partial charge on any atom is 0.221 e. The second kappa shape index (κ2) is 9.40. The van der Waals surface area contributed by atoms with Gasteiger partial charge in [-0.1, -0.05) is 6.92 Å². The fourth-order valence-corrected chi connectivity index (χ4v) is 4.87. The van der Waals surface area contributed by atoms with Crippen molar-refractivity contribution >= 4 is 23.6 Å². The molecule has 4 aromatic heterocycles. The van der Waals surface area contributed by atoms with Gasteiger partial charge in [0, 0.05) is 46.1 Å². The summed E-state index contributed by atoms with van der Waals surface area (Å²) in [6.45, 7) is 8.94. The van der Waals surface area contributed by atoms with Gasteiger partial charge in [0.2, 0.25) is 5.88 Å². The molecule has 1 aliphatic heterocycles. The van der Waals surface area contributed by atoms with E-state index in [1.807, 2.05) is 42.4 Å². The molecule has 11 nitrogen and oxygen atoms in total. The first-order valence-corrected chi connectivity index (χ1v) is 12.1. The van der Waals surface area contributed by atoms with E-state index in [0.29, 0.717) is 29.6 Å². The van der Waals surface area contributed by atoms with Crippen molar-refractivity contribution in [2.75, 3.05) is 25.9 Å². The van der Waals surface area contributed by atoms with E-state index in [1.165, 1.54) is 0 Å². The van der Waals surface area contributed by atoms with E-state index < -0.39 is 0 Å². The summed E-state index contributed by atoms with van der Waals surface area (Å²) in [5.74, 6) is 0.957. The van der Waals surface area contributed by atoms with Crippen molar-refractivity contribution in [2.24, 2.45) is 14.1 Å². The van der Waals surface area contributed by atoms with Crippen LogP contribution in [0.15, 0.2) is 12.4 Å². The van der Waals surface area contributed by atoms with Gasteiger partial charge >= 0.3 is 0 Å². The van der Waals surface area contributed by atoms with Gasteiger partial charge in [-0.25, -0.2) is 14.6 Å². The van der Waals surface area contributed by atoms with E-state index in [9.17, 15) is 0 Å². The van der Waals surface area contributed by atoms with Crippen LogP contribution >= 0.6 is 0 Å². The molecule has 1 atom stereocenters. The number of fused-ring (bicyclic) bond motifs is 4. The Morgan fingerprint density at radius 2 is 2.00 bits per heavy atom. The molecule has 0 aromatic carbocycles. The van der Waals surface area contributed by atoms with Gasteiger partial charge < -0.3 is 15.2 Å². The SMILES string of the molecule is CCN1Cc2c(c(C)nn2C)/C=C/c2cnc3c(N)nc(cn23)-c2c(COC)nn(C)c2O[C@@H](C)C1. The summed E-state index contributed by atoms with van der Waals surface area (Å²) in [7, 11) is 5.51. The zero-order valence-corrected chi connectivity index (χ0v) is 21.7. The van der Waals surface area contributed by atoms with Crippen molar-refractivity contribution in [1.29, 1.82) is 0 Å². The average Bonchev–Trinajstić information content (AvgIpc) is 3.45. The fourth-order valence-electron chi connectivity index (χ4n) is 4.87. The second-order valence-corrected chi connectivity index (χ2v) is 9.23. The third-order valence-electron chi connectivity index (χ3n) is 6.61. The van der Waals surface area contributed by atoms with Crippen LogP contribution in [0.25, 0.3) is 29.1 Å². The van der Waals surface area contributed by atoms with Crippen LogP contribution in [0.4, 0.5) is 5.82 Å². The monoisotopic (exact) mass is 491 g/mol. The summed E-state index contributed by atoms with van der Waals surface area (Å²) in [6, 6.07) is 0. The molecule has 0 amide bonds. The molecule has 190 valence electrons. The van der Waals surface area contributed by atoms with Crippen LogP contribution in [0.1, 0.15) is 42.2 Å². The smallest absolute Gasteiger partial charge is 0.221 e. The van der Waals surface area contributed by atoms with Crippen LogP contribution in [0.3, 0.4) is 0 Å². The highest BCUT2D eigenvalue weighted by atomic mass is 16.5. The molecule has 0 unspecified atom stereocenters. The van der Waals surface area contributed by atoms with E-state index in [1.54, 1.807) is 18.0 Å². The zero-order valence-electron chi connectivity index (χ0n) is 21.7. The average molecular weight is 492 g/mol. The number of methoxy groups -OCH3 is 1. The minimum absolute atomic E-state index is 0.113. The molecule has 2 N–H and O–H groups in total. The quantitative estimate of drug-likeness (QED) is 0.465. The number of likely N-dealkylation sites (N-methyl/N-ethyl adjacent to an activating group) is 1. The molecular formula is C25H33N9O2. The molecule has 36 heavy (non-hydrogen) atoms. The topological polar surface area (TPSA) is 114 Å². The standard InChI is InChI=1S/C25H33N9O2/c1-7-33-11-15(2)36-25-22(20(14-35-6)30-32(25)5)19-12-34-17(10-27-24(34)23(26)28-19)8-9-18-16(3)29-31(4)21(18)13-33/h8-10,12,15H,7,11,13-14H2,1-6H3,(H2,26,28)/b9-8+/t15-/m0/s1.